The summed E-state index contributed by atoms with van der Waals surface area (Å²) in [6, 6.07) is -0.0280. The van der Waals surface area contributed by atoms with Crippen molar-refractivity contribution in [3.05, 3.63) is 41.2 Å². The van der Waals surface area contributed by atoms with Gasteiger partial charge in [0, 0.05) is 19.0 Å². The van der Waals surface area contributed by atoms with Gasteiger partial charge in [-0.2, -0.15) is 13.2 Å². The molecular formula is C22H24F5N7O4. The lowest BCUT2D eigenvalue weighted by Crippen LogP contribution is -2.54. The number of nitrogens with one attached hydrogen (secondary N) is 2. The number of halogens is 5. The van der Waals surface area contributed by atoms with Gasteiger partial charge in [0.1, 0.15) is 23.2 Å². The van der Waals surface area contributed by atoms with Gasteiger partial charge in [-0.3, -0.25) is 9.59 Å². The Labute approximate surface area is 212 Å². The molecule has 1 aliphatic heterocycles. The van der Waals surface area contributed by atoms with Crippen LogP contribution in [0, 0.1) is 0 Å². The first kappa shape index (κ1) is 27.3. The fourth-order valence-electron chi connectivity index (χ4n) is 4.33. The highest BCUT2D eigenvalue weighted by molar-refractivity contribution is 6.04. The molecular weight excluding hydrogens is 521 g/mol. The van der Waals surface area contributed by atoms with E-state index in [-0.39, 0.29) is 41.3 Å². The number of hydrogen-bond acceptors (Lipinski definition) is 8. The summed E-state index contributed by atoms with van der Waals surface area (Å²) in [5, 5.41) is 2.45. The zero-order chi connectivity index (χ0) is 28.0. The zero-order valence-electron chi connectivity index (χ0n) is 20.1. The van der Waals surface area contributed by atoms with Gasteiger partial charge in [-0.25, -0.2) is 18.7 Å². The molecule has 16 heteroatoms. The fraction of sp³-hybridized carbons (Fsp3) is 0.455. The summed E-state index contributed by atoms with van der Waals surface area (Å²) in [7, 11) is 1.01. The van der Waals surface area contributed by atoms with E-state index >= 15 is 0 Å². The predicted octanol–water partition coefficient (Wildman–Crippen LogP) is 2.10. The predicted molar refractivity (Wildman–Crippen MR) is 123 cm³/mol. The Morgan fingerprint density at radius 3 is 2.66 bits per heavy atom. The minimum absolute atomic E-state index is 0.0377. The quantitative estimate of drug-likeness (QED) is 0.385. The summed E-state index contributed by atoms with van der Waals surface area (Å²) in [5.41, 5.74) is 7.05. The third-order valence-corrected chi connectivity index (χ3v) is 6.20. The summed E-state index contributed by atoms with van der Waals surface area (Å²) >= 11 is 0. The molecule has 2 aliphatic rings. The number of aromatic nitrogens is 3. The molecule has 38 heavy (non-hydrogen) atoms. The topological polar surface area (TPSA) is 161 Å². The van der Waals surface area contributed by atoms with Crippen LogP contribution in [0.25, 0.3) is 11.0 Å². The molecule has 1 fully saturated rings. The number of fused-ring (bicyclic) bond motifs is 1. The number of carbonyl (C=O) groups excluding carboxylic acids is 2. The van der Waals surface area contributed by atoms with Crippen molar-refractivity contribution in [3.63, 3.8) is 0 Å². The average Bonchev–Trinajstić information content (AvgIpc) is 3.41. The Bertz CT molecular complexity index is 1330. The van der Waals surface area contributed by atoms with Gasteiger partial charge in [0.25, 0.3) is 5.91 Å². The maximum absolute atomic E-state index is 14.7. The number of H-pyrrole nitrogens is 1. The van der Waals surface area contributed by atoms with Crippen LogP contribution in [-0.4, -0.2) is 76.2 Å². The molecule has 206 valence electrons. The average molecular weight is 545 g/mol. The van der Waals surface area contributed by atoms with E-state index in [1.54, 1.807) is 0 Å². The van der Waals surface area contributed by atoms with E-state index in [1.165, 1.54) is 6.07 Å². The van der Waals surface area contributed by atoms with Crippen molar-refractivity contribution < 1.29 is 41.0 Å². The lowest BCUT2D eigenvalue weighted by molar-refractivity contribution is -0.292. The Kier molecular flexibility index (Phi) is 7.05. The molecule has 0 saturated carbocycles. The molecule has 11 nitrogen and oxygen atoms in total. The first-order valence-corrected chi connectivity index (χ1v) is 11.3. The number of amides is 2. The summed E-state index contributed by atoms with van der Waals surface area (Å²) in [4.78, 5) is 35.8. The second-order valence-electron chi connectivity index (χ2n) is 8.66. The van der Waals surface area contributed by atoms with E-state index in [4.69, 9.17) is 20.9 Å². The maximum atomic E-state index is 14.7. The van der Waals surface area contributed by atoms with E-state index < -0.39 is 60.2 Å². The van der Waals surface area contributed by atoms with E-state index in [0.717, 1.165) is 26.2 Å². The molecule has 1 saturated heterocycles. The number of anilines is 1. The molecule has 2 amide bonds. The maximum Gasteiger partial charge on any atom is 0.436 e. The van der Waals surface area contributed by atoms with Crippen LogP contribution < -0.4 is 16.8 Å². The van der Waals surface area contributed by atoms with Gasteiger partial charge in [-0.05, 0) is 19.1 Å². The molecule has 2 aromatic heterocycles. The second-order valence-corrected chi connectivity index (χ2v) is 8.66. The van der Waals surface area contributed by atoms with E-state index in [0.29, 0.717) is 4.90 Å². The Balaban J connectivity index is 1.86. The number of imidazole rings is 1. The minimum atomic E-state index is -4.99. The molecule has 4 rings (SSSR count). The summed E-state index contributed by atoms with van der Waals surface area (Å²) < 4.78 is 81.7. The smallest absolute Gasteiger partial charge is 0.436 e. The monoisotopic (exact) mass is 545 g/mol. The van der Waals surface area contributed by atoms with Gasteiger partial charge in [-0.1, -0.05) is 0 Å². The lowest BCUT2D eigenvalue weighted by Gasteiger charge is -2.41. The Morgan fingerprint density at radius 2 is 2.05 bits per heavy atom. The molecule has 0 aromatic carbocycles. The number of ether oxygens (including phenoxy) is 2. The number of nitrogens with zero attached hydrogens (tertiary/aromatic N) is 3. The van der Waals surface area contributed by atoms with Crippen LogP contribution in [0.5, 0.6) is 0 Å². The number of primary amides is 1. The summed E-state index contributed by atoms with van der Waals surface area (Å²) in [6.07, 6.45) is -7.76. The van der Waals surface area contributed by atoms with Crippen LogP contribution in [0.15, 0.2) is 29.7 Å². The van der Waals surface area contributed by atoms with Crippen molar-refractivity contribution in [2.45, 2.75) is 43.6 Å². The highest BCUT2D eigenvalue weighted by Gasteiger charge is 2.63. The molecule has 6 N–H and O–H groups in total. The summed E-state index contributed by atoms with van der Waals surface area (Å²) in [5.74, 6) is -2.38. The number of rotatable bonds is 7. The number of aromatic amines is 1. The molecule has 0 spiro atoms. The molecule has 1 aliphatic carbocycles. The Hall–Kier alpha value is -3.79. The van der Waals surface area contributed by atoms with E-state index in [9.17, 15) is 31.5 Å². The number of carbonyl (C=O) groups is 2. The van der Waals surface area contributed by atoms with Gasteiger partial charge in [0.2, 0.25) is 11.6 Å². The number of hydrogen-bond donors (Lipinski definition) is 4. The van der Waals surface area contributed by atoms with Crippen molar-refractivity contribution in [3.8, 4) is 0 Å². The van der Waals surface area contributed by atoms with Crippen molar-refractivity contribution >= 4 is 28.7 Å². The van der Waals surface area contributed by atoms with Crippen LogP contribution in [0.4, 0.5) is 27.8 Å². The van der Waals surface area contributed by atoms with Gasteiger partial charge < -0.3 is 36.1 Å². The molecule has 2 aromatic rings. The summed E-state index contributed by atoms with van der Waals surface area (Å²) in [6.45, 7) is 0.205. The van der Waals surface area contributed by atoms with Gasteiger partial charge in [0.05, 0.1) is 24.9 Å². The second kappa shape index (κ2) is 9.83. The minimum Gasteiger partial charge on any atom is -0.496 e. The lowest BCUT2D eigenvalue weighted by atomic mass is 10.0. The first-order chi connectivity index (χ1) is 17.8. The van der Waals surface area contributed by atoms with Crippen molar-refractivity contribution in [2.24, 2.45) is 11.5 Å². The molecule has 4 atom stereocenters. The van der Waals surface area contributed by atoms with Crippen LogP contribution in [0.2, 0.25) is 0 Å². The Morgan fingerprint density at radius 1 is 1.34 bits per heavy atom. The van der Waals surface area contributed by atoms with Gasteiger partial charge in [-0.15, -0.1) is 0 Å². The van der Waals surface area contributed by atoms with Crippen LogP contribution >= 0.6 is 0 Å². The van der Waals surface area contributed by atoms with Crippen molar-refractivity contribution in [1.82, 2.24) is 19.9 Å². The third kappa shape index (κ3) is 4.53. The number of alkyl halides is 5. The number of methoxy groups -OCH3 is 1. The molecule has 3 heterocycles. The number of pyridine rings is 1. The van der Waals surface area contributed by atoms with Crippen LogP contribution in [0.1, 0.15) is 35.7 Å². The zero-order valence-corrected chi connectivity index (χ0v) is 20.1. The van der Waals surface area contributed by atoms with Crippen molar-refractivity contribution in [1.29, 1.82) is 0 Å². The van der Waals surface area contributed by atoms with Crippen LogP contribution in [0.3, 0.4) is 0 Å². The number of allylic oxidation sites excluding steroid dienone is 3. The molecule has 0 radical (unpaired) electrons. The first-order valence-electron chi connectivity index (χ1n) is 11.3. The molecule has 0 bridgehead atoms. The largest absolute Gasteiger partial charge is 0.496 e. The fourth-order valence-corrected chi connectivity index (χ4v) is 4.33. The number of nitrogens with two attached hydrogens (primary N) is 2. The highest BCUT2D eigenvalue weighted by Crippen LogP contribution is 2.50. The van der Waals surface area contributed by atoms with E-state index in [2.05, 4.69) is 20.3 Å². The van der Waals surface area contributed by atoms with Gasteiger partial charge >= 0.3 is 6.18 Å². The van der Waals surface area contributed by atoms with Gasteiger partial charge in [0.15, 0.2) is 23.8 Å². The van der Waals surface area contributed by atoms with Crippen LogP contribution in [-0.2, 0) is 14.3 Å². The van der Waals surface area contributed by atoms with Crippen molar-refractivity contribution in [2.75, 3.05) is 25.6 Å². The normalized spacial score (nSPS) is 25.8. The third-order valence-electron chi connectivity index (χ3n) is 6.20. The SMILES string of the molecule is COC1=C(N2[C@@H](c3nc4c(C(N)=O)nc(NC(=O)CCN)cc4[nH]3)COC2(C)C(F)(F)F)C=CC(F)C1F. The molecule has 3 unspecified atom stereocenters. The standard InChI is InChI=1S/C22H24F5N7O4/c1-21(22(25,26)27)34(11-4-3-9(23)15(24)18(11)37-2)12(8-38-21)20-30-10-7-13(31-14(35)5-6-28)32-17(19(29)36)16(10)33-20/h3-4,7,9,12,15H,5-6,8,28H2,1-2H3,(H2,29,36)(H,30,33)(H,31,32,35)/t9?,12-,15?,21?/m1/s1. The highest BCUT2D eigenvalue weighted by atomic mass is 19.4. The van der Waals surface area contributed by atoms with E-state index in [1.807, 2.05) is 0 Å².